The summed E-state index contributed by atoms with van der Waals surface area (Å²) in [5.41, 5.74) is 2.58. The first-order chi connectivity index (χ1) is 22.0. The first kappa shape index (κ1) is 33.0. The van der Waals surface area contributed by atoms with E-state index in [1.807, 2.05) is 0 Å². The van der Waals surface area contributed by atoms with E-state index in [4.69, 9.17) is 9.47 Å². The van der Waals surface area contributed by atoms with Crippen LogP contribution in [-0.4, -0.2) is 55.8 Å². The molecule has 0 saturated carbocycles. The van der Waals surface area contributed by atoms with Crippen molar-refractivity contribution in [3.8, 4) is 34.5 Å². The van der Waals surface area contributed by atoms with Gasteiger partial charge in [-0.05, 0) is 95.8 Å². The van der Waals surface area contributed by atoms with Crippen LogP contribution in [0.2, 0.25) is 0 Å². The van der Waals surface area contributed by atoms with Gasteiger partial charge in [-0.1, -0.05) is 36.4 Å². The van der Waals surface area contributed by atoms with Crippen LogP contribution in [0, 0.1) is 11.8 Å². The summed E-state index contributed by atoms with van der Waals surface area (Å²) in [5, 5.41) is 58.8. The summed E-state index contributed by atoms with van der Waals surface area (Å²) in [7, 11) is 0. The number of hydrogen-bond donors (Lipinski definition) is 6. The third-order valence-corrected chi connectivity index (χ3v) is 7.23. The van der Waals surface area contributed by atoms with Crippen molar-refractivity contribution in [3.05, 3.63) is 119 Å². The zero-order valence-electron chi connectivity index (χ0n) is 24.7. The van der Waals surface area contributed by atoms with Crippen molar-refractivity contribution in [2.45, 2.75) is 12.8 Å². The summed E-state index contributed by atoms with van der Waals surface area (Å²) in [6.07, 6.45) is 6.06. The van der Waals surface area contributed by atoms with Gasteiger partial charge in [-0.25, -0.2) is 9.59 Å². The molecule has 0 aliphatic carbocycles. The van der Waals surface area contributed by atoms with Crippen molar-refractivity contribution in [1.29, 1.82) is 0 Å². The van der Waals surface area contributed by atoms with E-state index in [0.717, 1.165) is 0 Å². The van der Waals surface area contributed by atoms with Crippen molar-refractivity contribution >= 4 is 24.1 Å². The van der Waals surface area contributed by atoms with Gasteiger partial charge in [0.25, 0.3) is 0 Å². The van der Waals surface area contributed by atoms with E-state index in [1.54, 1.807) is 36.4 Å². The van der Waals surface area contributed by atoms with Gasteiger partial charge in [-0.15, -0.1) is 0 Å². The molecule has 0 amide bonds. The molecule has 238 valence electrons. The van der Waals surface area contributed by atoms with Gasteiger partial charge in [0, 0.05) is 24.0 Å². The highest BCUT2D eigenvalue weighted by Crippen LogP contribution is 2.31. The highest BCUT2D eigenvalue weighted by atomic mass is 16.5. The Morgan fingerprint density at radius 2 is 0.891 bits per heavy atom. The molecule has 0 unspecified atom stereocenters. The number of benzene rings is 4. The minimum atomic E-state index is -0.638. The SMILES string of the molecule is O=C(/C=C/c1ccc(O)cc1)OC[C@H](Cc1ccc(O)c(O)c1)[C@H](COC(=O)/C=C/c1ccc(O)cc1)Cc1ccc(O)c(O)c1. The first-order valence-corrected chi connectivity index (χ1v) is 14.3. The monoisotopic (exact) mass is 626 g/mol. The number of phenolic OH excluding ortho intramolecular Hbond substituents is 6. The number of ether oxygens (including phenoxy) is 2. The van der Waals surface area contributed by atoms with Gasteiger partial charge in [-0.3, -0.25) is 0 Å². The summed E-state index contributed by atoms with van der Waals surface area (Å²) in [6.45, 7) is -0.230. The highest BCUT2D eigenvalue weighted by Gasteiger charge is 2.26. The lowest BCUT2D eigenvalue weighted by Gasteiger charge is -2.27. The number of phenols is 6. The molecule has 0 spiro atoms. The zero-order valence-corrected chi connectivity index (χ0v) is 24.7. The Balaban J connectivity index is 1.56. The molecule has 0 aliphatic rings. The predicted octanol–water partition coefficient (Wildman–Crippen LogP) is 5.45. The van der Waals surface area contributed by atoms with E-state index in [9.17, 15) is 40.2 Å². The fraction of sp³-hybridized carbons (Fsp3) is 0.167. The van der Waals surface area contributed by atoms with E-state index in [2.05, 4.69) is 0 Å². The molecule has 0 radical (unpaired) electrons. The molecule has 0 saturated heterocycles. The molecule has 0 heterocycles. The van der Waals surface area contributed by atoms with Crippen LogP contribution in [0.3, 0.4) is 0 Å². The number of carbonyl (C=O) groups is 2. The molecule has 0 fully saturated rings. The molecule has 0 aromatic heterocycles. The smallest absolute Gasteiger partial charge is 0.330 e. The van der Waals surface area contributed by atoms with Crippen molar-refractivity contribution in [3.63, 3.8) is 0 Å². The molecule has 10 nitrogen and oxygen atoms in total. The van der Waals surface area contributed by atoms with Gasteiger partial charge < -0.3 is 40.1 Å². The fourth-order valence-electron chi connectivity index (χ4n) is 4.69. The lowest BCUT2D eigenvalue weighted by atomic mass is 9.83. The summed E-state index contributed by atoms with van der Waals surface area (Å²) in [4.78, 5) is 25.4. The fourth-order valence-corrected chi connectivity index (χ4v) is 4.69. The number of hydrogen-bond acceptors (Lipinski definition) is 10. The number of aromatic hydroxyl groups is 6. The van der Waals surface area contributed by atoms with Gasteiger partial charge >= 0.3 is 11.9 Å². The zero-order chi connectivity index (χ0) is 33.1. The molecule has 2 atom stereocenters. The number of esters is 2. The maximum absolute atomic E-state index is 12.7. The Morgan fingerprint density at radius 3 is 1.24 bits per heavy atom. The Hall–Kier alpha value is -5.90. The van der Waals surface area contributed by atoms with Gasteiger partial charge in [0.1, 0.15) is 11.5 Å². The summed E-state index contributed by atoms with van der Waals surface area (Å²) in [6, 6.07) is 21.2. The summed E-state index contributed by atoms with van der Waals surface area (Å²) in [5.74, 6) is -3.30. The van der Waals surface area contributed by atoms with Gasteiger partial charge in [0.15, 0.2) is 23.0 Å². The Bertz CT molecular complexity index is 1560. The highest BCUT2D eigenvalue weighted by molar-refractivity contribution is 5.87. The van der Waals surface area contributed by atoms with Crippen LogP contribution in [0.1, 0.15) is 22.3 Å². The molecular weight excluding hydrogens is 592 g/mol. The number of carbonyl (C=O) groups excluding carboxylic acids is 2. The maximum atomic E-state index is 12.7. The first-order valence-electron chi connectivity index (χ1n) is 14.3. The minimum absolute atomic E-state index is 0.0902. The standard InChI is InChI=1S/C36H34O10/c37-29-9-1-23(2-10-29)7-15-35(43)45-21-27(17-25-5-13-31(39)33(41)19-25)28(18-26-6-14-32(40)34(42)20-26)22-46-36(44)16-8-24-3-11-30(38)12-4-24/h1-16,19-20,27-28,37-42H,17-18,21-22H2/b15-7+,16-8+/t27-,28-/m0/s1. The molecule has 4 aromatic carbocycles. The average molecular weight is 627 g/mol. The van der Waals surface area contributed by atoms with Gasteiger partial charge in [-0.2, -0.15) is 0 Å². The van der Waals surface area contributed by atoms with E-state index in [-0.39, 0.29) is 60.6 Å². The summed E-state index contributed by atoms with van der Waals surface area (Å²) < 4.78 is 11.2. The van der Waals surface area contributed by atoms with E-state index < -0.39 is 23.8 Å². The quantitative estimate of drug-likeness (QED) is 0.0636. The molecule has 4 aromatic rings. The second kappa shape index (κ2) is 15.7. The van der Waals surface area contributed by atoms with Crippen LogP contribution >= 0.6 is 0 Å². The molecular formula is C36H34O10. The van der Waals surface area contributed by atoms with E-state index >= 15 is 0 Å². The Labute approximate surface area is 265 Å². The molecule has 0 bridgehead atoms. The number of rotatable bonds is 13. The largest absolute Gasteiger partial charge is 0.508 e. The minimum Gasteiger partial charge on any atom is -0.508 e. The van der Waals surface area contributed by atoms with Gasteiger partial charge in [0.2, 0.25) is 0 Å². The normalized spacial score (nSPS) is 12.6. The van der Waals surface area contributed by atoms with Crippen LogP contribution in [0.5, 0.6) is 34.5 Å². The molecule has 4 rings (SSSR count). The third kappa shape index (κ3) is 10.1. The van der Waals surface area contributed by atoms with Crippen LogP contribution in [0.4, 0.5) is 0 Å². The molecule has 0 aliphatic heterocycles. The van der Waals surface area contributed by atoms with Crippen molar-refractivity contribution < 1.29 is 49.7 Å². The van der Waals surface area contributed by atoms with Gasteiger partial charge in [0.05, 0.1) is 13.2 Å². The van der Waals surface area contributed by atoms with Crippen LogP contribution in [0.15, 0.2) is 97.1 Å². The van der Waals surface area contributed by atoms with Crippen molar-refractivity contribution in [2.24, 2.45) is 11.8 Å². The molecule has 10 heteroatoms. The Kier molecular flexibility index (Phi) is 11.3. The second-order valence-corrected chi connectivity index (χ2v) is 10.7. The second-order valence-electron chi connectivity index (χ2n) is 10.7. The average Bonchev–Trinajstić information content (AvgIpc) is 3.04. The van der Waals surface area contributed by atoms with Crippen molar-refractivity contribution in [2.75, 3.05) is 13.2 Å². The third-order valence-electron chi connectivity index (χ3n) is 7.23. The van der Waals surface area contributed by atoms with E-state index in [1.165, 1.54) is 72.8 Å². The summed E-state index contributed by atoms with van der Waals surface area (Å²) >= 11 is 0. The topological polar surface area (TPSA) is 174 Å². The molecule has 46 heavy (non-hydrogen) atoms. The Morgan fingerprint density at radius 1 is 0.522 bits per heavy atom. The lowest BCUT2D eigenvalue weighted by Crippen LogP contribution is -2.30. The van der Waals surface area contributed by atoms with Crippen molar-refractivity contribution in [1.82, 2.24) is 0 Å². The maximum Gasteiger partial charge on any atom is 0.330 e. The van der Waals surface area contributed by atoms with E-state index in [0.29, 0.717) is 22.3 Å². The lowest BCUT2D eigenvalue weighted by molar-refractivity contribution is -0.143. The van der Waals surface area contributed by atoms with Crippen LogP contribution < -0.4 is 0 Å². The predicted molar refractivity (Wildman–Crippen MR) is 170 cm³/mol. The van der Waals surface area contributed by atoms with Crippen LogP contribution in [-0.2, 0) is 31.9 Å². The molecule has 6 N–H and O–H groups in total. The van der Waals surface area contributed by atoms with Crippen LogP contribution in [0.25, 0.3) is 12.2 Å².